The van der Waals surface area contributed by atoms with Crippen LogP contribution in [0.3, 0.4) is 0 Å². The molecule has 0 saturated carbocycles. The fourth-order valence-electron chi connectivity index (χ4n) is 4.26. The normalized spacial score (nSPS) is 14.2. The van der Waals surface area contributed by atoms with Gasteiger partial charge < -0.3 is 20.9 Å². The Labute approximate surface area is 205 Å². The van der Waals surface area contributed by atoms with Crippen LogP contribution in [0.15, 0.2) is 60.8 Å². The Hall–Kier alpha value is -3.75. The third kappa shape index (κ3) is 5.67. The molecule has 2 aromatic carbocycles. The van der Waals surface area contributed by atoms with Gasteiger partial charge in [0.15, 0.2) is 0 Å². The van der Waals surface area contributed by atoms with Gasteiger partial charge in [-0.05, 0) is 54.4 Å². The molecule has 180 valence electrons. The Morgan fingerprint density at radius 3 is 2.77 bits per heavy atom. The number of carbonyl (C=O) groups is 1. The number of rotatable bonds is 8. The number of amides is 1. The highest BCUT2D eigenvalue weighted by atomic mass is 16.1. The van der Waals surface area contributed by atoms with Crippen LogP contribution in [0.1, 0.15) is 29.3 Å². The minimum atomic E-state index is -0.120. The molecule has 2 aromatic heterocycles. The average Bonchev–Trinajstić information content (AvgIpc) is 3.32. The molecule has 1 amide bonds. The number of H-pyrrole nitrogens is 1. The fraction of sp³-hybridized carbons (Fsp3) is 0.296. The first-order valence-corrected chi connectivity index (χ1v) is 12.2. The fourth-order valence-corrected chi connectivity index (χ4v) is 4.26. The Morgan fingerprint density at radius 1 is 1.09 bits per heavy atom. The highest BCUT2D eigenvalue weighted by Gasteiger charge is 2.13. The second kappa shape index (κ2) is 10.7. The zero-order valence-electron chi connectivity index (χ0n) is 20.0. The molecule has 4 N–H and O–H groups in total. The number of anilines is 2. The van der Waals surface area contributed by atoms with E-state index in [-0.39, 0.29) is 5.91 Å². The molecule has 0 spiro atoms. The van der Waals surface area contributed by atoms with E-state index in [9.17, 15) is 4.79 Å². The van der Waals surface area contributed by atoms with E-state index < -0.39 is 0 Å². The Morgan fingerprint density at radius 2 is 1.97 bits per heavy atom. The van der Waals surface area contributed by atoms with Crippen LogP contribution in [0.5, 0.6) is 0 Å². The maximum absolute atomic E-state index is 13.0. The zero-order chi connectivity index (χ0) is 24.0. The highest BCUT2D eigenvalue weighted by molar-refractivity contribution is 6.05. The van der Waals surface area contributed by atoms with E-state index >= 15 is 0 Å². The lowest BCUT2D eigenvalue weighted by atomic mass is 10.1. The molecule has 0 atom stereocenters. The first-order valence-electron chi connectivity index (χ1n) is 12.2. The lowest BCUT2D eigenvalue weighted by Gasteiger charge is -2.27. The van der Waals surface area contributed by atoms with Crippen molar-refractivity contribution < 1.29 is 4.79 Å². The van der Waals surface area contributed by atoms with Gasteiger partial charge in [0.25, 0.3) is 5.91 Å². The average molecular weight is 470 g/mol. The number of carbonyl (C=O) groups excluding carboxylic acids is 1. The summed E-state index contributed by atoms with van der Waals surface area (Å²) in [4.78, 5) is 27.9. The first-order chi connectivity index (χ1) is 17.2. The molecule has 0 bridgehead atoms. The SMILES string of the molecule is CCCNc1ccc(-c2nc3ccc(NC(=O)c4cccc(CN5CCNCC5)c4)cc3[nH]2)cn1. The van der Waals surface area contributed by atoms with E-state index in [0.29, 0.717) is 5.56 Å². The summed E-state index contributed by atoms with van der Waals surface area (Å²) in [5, 5.41) is 9.67. The second-order valence-corrected chi connectivity index (χ2v) is 8.86. The molecule has 1 fully saturated rings. The lowest BCUT2D eigenvalue weighted by molar-refractivity contribution is 0.102. The number of nitrogens with zero attached hydrogens (tertiary/aromatic N) is 3. The van der Waals surface area contributed by atoms with Crippen LogP contribution in [0.2, 0.25) is 0 Å². The van der Waals surface area contributed by atoms with Crippen LogP contribution in [0, 0.1) is 0 Å². The van der Waals surface area contributed by atoms with Crippen LogP contribution in [0.4, 0.5) is 11.5 Å². The number of aromatic amines is 1. The van der Waals surface area contributed by atoms with Crippen molar-refractivity contribution in [2.45, 2.75) is 19.9 Å². The third-order valence-corrected chi connectivity index (χ3v) is 6.14. The quantitative estimate of drug-likeness (QED) is 0.310. The number of hydrogen-bond donors (Lipinski definition) is 4. The molecule has 1 aliphatic heterocycles. The van der Waals surface area contributed by atoms with Gasteiger partial charge in [-0.3, -0.25) is 9.69 Å². The highest BCUT2D eigenvalue weighted by Crippen LogP contribution is 2.23. The minimum absolute atomic E-state index is 0.120. The van der Waals surface area contributed by atoms with Crippen molar-refractivity contribution in [2.24, 2.45) is 0 Å². The van der Waals surface area contributed by atoms with Gasteiger partial charge in [-0.1, -0.05) is 19.1 Å². The predicted molar refractivity (Wildman–Crippen MR) is 141 cm³/mol. The first kappa shape index (κ1) is 23.0. The minimum Gasteiger partial charge on any atom is -0.370 e. The maximum Gasteiger partial charge on any atom is 0.255 e. The molecule has 35 heavy (non-hydrogen) atoms. The number of pyridine rings is 1. The summed E-state index contributed by atoms with van der Waals surface area (Å²) in [5.74, 6) is 1.48. The van der Waals surface area contributed by atoms with Gasteiger partial charge in [0, 0.05) is 62.3 Å². The number of aromatic nitrogens is 3. The van der Waals surface area contributed by atoms with E-state index in [0.717, 1.165) is 85.2 Å². The Kier molecular flexibility index (Phi) is 7.02. The van der Waals surface area contributed by atoms with Gasteiger partial charge in [0.2, 0.25) is 0 Å². The van der Waals surface area contributed by atoms with Crippen molar-refractivity contribution in [1.29, 1.82) is 0 Å². The van der Waals surface area contributed by atoms with Crippen molar-refractivity contribution in [3.8, 4) is 11.4 Å². The molecule has 1 saturated heterocycles. The molecule has 8 heteroatoms. The molecule has 0 unspecified atom stereocenters. The number of benzene rings is 2. The molecular weight excluding hydrogens is 438 g/mol. The topological polar surface area (TPSA) is 98.0 Å². The van der Waals surface area contributed by atoms with Crippen LogP contribution in [-0.2, 0) is 6.54 Å². The monoisotopic (exact) mass is 469 g/mol. The molecule has 5 rings (SSSR count). The summed E-state index contributed by atoms with van der Waals surface area (Å²) < 4.78 is 0. The summed E-state index contributed by atoms with van der Waals surface area (Å²) in [6.07, 6.45) is 2.86. The van der Waals surface area contributed by atoms with Gasteiger partial charge in [0.05, 0.1) is 11.0 Å². The molecule has 4 aromatic rings. The van der Waals surface area contributed by atoms with Crippen molar-refractivity contribution in [1.82, 2.24) is 25.2 Å². The summed E-state index contributed by atoms with van der Waals surface area (Å²) in [6.45, 7) is 7.95. The van der Waals surface area contributed by atoms with E-state index in [1.165, 1.54) is 0 Å². The van der Waals surface area contributed by atoms with Gasteiger partial charge in [-0.2, -0.15) is 0 Å². The second-order valence-electron chi connectivity index (χ2n) is 8.86. The Bertz CT molecular complexity index is 1290. The van der Waals surface area contributed by atoms with Gasteiger partial charge in [0.1, 0.15) is 11.6 Å². The summed E-state index contributed by atoms with van der Waals surface area (Å²) in [5.41, 5.74) is 5.14. The number of piperazine rings is 1. The number of imidazole rings is 1. The van der Waals surface area contributed by atoms with E-state index in [2.05, 4.69) is 48.8 Å². The number of nitrogens with one attached hydrogen (secondary N) is 4. The summed E-state index contributed by atoms with van der Waals surface area (Å²) >= 11 is 0. The van der Waals surface area contributed by atoms with Gasteiger partial charge in [-0.15, -0.1) is 0 Å². The molecule has 0 radical (unpaired) electrons. The molecule has 0 aliphatic carbocycles. The molecule has 1 aliphatic rings. The van der Waals surface area contributed by atoms with Crippen molar-refractivity contribution in [3.05, 3.63) is 71.9 Å². The summed E-state index contributed by atoms with van der Waals surface area (Å²) in [6, 6.07) is 17.5. The van der Waals surface area contributed by atoms with E-state index in [1.54, 1.807) is 0 Å². The van der Waals surface area contributed by atoms with Crippen LogP contribution >= 0.6 is 0 Å². The van der Waals surface area contributed by atoms with Gasteiger partial charge >= 0.3 is 0 Å². The van der Waals surface area contributed by atoms with E-state index in [1.807, 2.05) is 54.7 Å². The summed E-state index contributed by atoms with van der Waals surface area (Å²) in [7, 11) is 0. The van der Waals surface area contributed by atoms with Crippen molar-refractivity contribution in [3.63, 3.8) is 0 Å². The van der Waals surface area contributed by atoms with Crippen LogP contribution in [-0.4, -0.2) is 58.5 Å². The molecular formula is C27H31N7O. The molecule has 3 heterocycles. The van der Waals surface area contributed by atoms with E-state index in [4.69, 9.17) is 0 Å². The zero-order valence-corrected chi connectivity index (χ0v) is 20.0. The number of hydrogen-bond acceptors (Lipinski definition) is 6. The largest absolute Gasteiger partial charge is 0.370 e. The Balaban J connectivity index is 1.27. The predicted octanol–water partition coefficient (Wildman–Crippen LogP) is 4.10. The number of fused-ring (bicyclic) bond motifs is 1. The van der Waals surface area contributed by atoms with Crippen LogP contribution < -0.4 is 16.0 Å². The molecule has 8 nitrogen and oxygen atoms in total. The lowest BCUT2D eigenvalue weighted by Crippen LogP contribution is -2.42. The third-order valence-electron chi connectivity index (χ3n) is 6.14. The van der Waals surface area contributed by atoms with Gasteiger partial charge in [-0.25, -0.2) is 9.97 Å². The standard InChI is InChI=1S/C27H31N7O/c1-2-10-29-25-9-6-21(17-30-25)26-32-23-8-7-22(16-24(23)33-26)31-27(35)20-5-3-4-19(15-20)18-34-13-11-28-12-14-34/h3-9,15-17,28H,2,10-14,18H2,1H3,(H,29,30)(H,31,35)(H,32,33). The van der Waals surface area contributed by atoms with Crippen molar-refractivity contribution in [2.75, 3.05) is 43.4 Å². The maximum atomic E-state index is 13.0. The van der Waals surface area contributed by atoms with Crippen LogP contribution in [0.25, 0.3) is 22.4 Å². The smallest absolute Gasteiger partial charge is 0.255 e. The van der Waals surface area contributed by atoms with Crippen molar-refractivity contribution >= 4 is 28.4 Å².